The first-order chi connectivity index (χ1) is 8.78. The van der Waals surface area contributed by atoms with Crippen molar-refractivity contribution in [3.05, 3.63) is 0 Å². The number of likely N-dealkylation sites (N-methyl/N-ethyl adjacent to an activating group) is 1. The van der Waals surface area contributed by atoms with Crippen LogP contribution in [0.15, 0.2) is 0 Å². The number of piperazine rings is 1. The van der Waals surface area contributed by atoms with E-state index in [1.54, 1.807) is 0 Å². The van der Waals surface area contributed by atoms with Crippen molar-refractivity contribution in [3.8, 4) is 0 Å². The van der Waals surface area contributed by atoms with E-state index in [-0.39, 0.29) is 0 Å². The van der Waals surface area contributed by atoms with E-state index in [0.717, 1.165) is 32.7 Å². The van der Waals surface area contributed by atoms with Crippen molar-refractivity contribution in [1.82, 2.24) is 16.0 Å². The Balaban J connectivity index is 0.000000443. The van der Waals surface area contributed by atoms with Crippen molar-refractivity contribution < 1.29 is 4.48 Å². The number of nitrogens with zero attached hydrogens (tertiary/aromatic N) is 1. The highest BCUT2D eigenvalue weighted by Crippen LogP contribution is 2.10. The highest BCUT2D eigenvalue weighted by atomic mass is 32.1. The second-order valence-electron chi connectivity index (χ2n) is 4.86. The molecular weight excluding hydrogens is 316 g/mol. The third-order valence-electron chi connectivity index (χ3n) is 3.10. The Morgan fingerprint density at radius 2 is 1.58 bits per heavy atom. The zero-order valence-corrected chi connectivity index (χ0v) is 15.2. The fourth-order valence-electron chi connectivity index (χ4n) is 1.26. The third kappa shape index (κ3) is 9.17. The molecule has 1 fully saturated rings. The molecule has 4 nitrogen and oxygen atoms in total. The van der Waals surface area contributed by atoms with Crippen molar-refractivity contribution >= 4 is 58.3 Å². The Bertz CT molecular complexity index is 281. The third-order valence-corrected chi connectivity index (χ3v) is 4.39. The Morgan fingerprint density at radius 3 is 1.84 bits per heavy atom. The lowest BCUT2D eigenvalue weighted by Crippen LogP contribution is -2.53. The predicted octanol–water partition coefficient (Wildman–Crippen LogP) is 0.650. The van der Waals surface area contributed by atoms with Crippen LogP contribution < -0.4 is 16.0 Å². The van der Waals surface area contributed by atoms with Crippen LogP contribution in [0.25, 0.3) is 0 Å². The van der Waals surface area contributed by atoms with Crippen LogP contribution in [0.4, 0.5) is 0 Å². The summed E-state index contributed by atoms with van der Waals surface area (Å²) >= 11 is 18.0. The van der Waals surface area contributed by atoms with Crippen molar-refractivity contribution in [2.75, 3.05) is 46.8 Å². The maximum Gasteiger partial charge on any atom is 0.230 e. The van der Waals surface area contributed by atoms with Gasteiger partial charge in [0.15, 0.2) is 0 Å². The molecule has 1 saturated heterocycles. The number of quaternary nitrogens is 1. The van der Waals surface area contributed by atoms with E-state index in [0.29, 0.717) is 19.2 Å². The van der Waals surface area contributed by atoms with Gasteiger partial charge < -0.3 is 16.0 Å². The summed E-state index contributed by atoms with van der Waals surface area (Å²) < 4.78 is 1.76. The Kier molecular flexibility index (Phi) is 10.6. The lowest BCUT2D eigenvalue weighted by Gasteiger charge is -2.33. The number of hydrogen-bond acceptors (Lipinski definition) is 4. The monoisotopic (exact) mass is 341 g/mol. The van der Waals surface area contributed by atoms with Gasteiger partial charge in [0.1, 0.15) is 10.4 Å². The van der Waals surface area contributed by atoms with E-state index >= 15 is 0 Å². The molecule has 0 aromatic heterocycles. The molecule has 0 spiro atoms. The smallest absolute Gasteiger partial charge is 0.230 e. The Morgan fingerprint density at radius 1 is 1.16 bits per heavy atom. The average Bonchev–Trinajstić information content (AvgIpc) is 2.38. The molecule has 0 aromatic rings. The van der Waals surface area contributed by atoms with Gasteiger partial charge >= 0.3 is 0 Å². The summed E-state index contributed by atoms with van der Waals surface area (Å²) in [5.41, 5.74) is 0. The van der Waals surface area contributed by atoms with Gasteiger partial charge in [0.25, 0.3) is 0 Å². The summed E-state index contributed by atoms with van der Waals surface area (Å²) in [7, 11) is 4.03. The largest absolute Gasteiger partial charge is 0.365 e. The van der Waals surface area contributed by atoms with Gasteiger partial charge in [-0.25, -0.2) is 0 Å². The molecule has 1 heterocycles. The van der Waals surface area contributed by atoms with Crippen molar-refractivity contribution in [2.45, 2.75) is 13.0 Å². The van der Waals surface area contributed by atoms with Gasteiger partial charge in [-0.05, 0) is 19.1 Å². The summed E-state index contributed by atoms with van der Waals surface area (Å²) in [6.07, 6.45) is 0. The van der Waals surface area contributed by atoms with E-state index in [2.05, 4.69) is 48.1 Å². The molecule has 1 aliphatic rings. The van der Waals surface area contributed by atoms with E-state index in [1.807, 2.05) is 14.1 Å². The van der Waals surface area contributed by atoms with E-state index in [1.165, 1.54) is 0 Å². The molecule has 1 rings (SSSR count). The fraction of sp³-hybridized carbons (Fsp3) is 0.818. The molecule has 0 radical (unpaired) electrons. The Labute approximate surface area is 138 Å². The van der Waals surface area contributed by atoms with E-state index < -0.39 is 0 Å². The van der Waals surface area contributed by atoms with Crippen LogP contribution in [0.1, 0.15) is 6.92 Å². The number of hydrogen-bond donors (Lipinski definition) is 5. The SMILES string of the molecule is C1CNCCN1.CC(CNC(=S)S)[N+](C)(C)C(=S)S. The number of rotatable bonds is 3. The summed E-state index contributed by atoms with van der Waals surface area (Å²) in [5.74, 6) is 0. The minimum absolute atomic E-state index is 0.315. The van der Waals surface area contributed by atoms with Crippen molar-refractivity contribution in [3.63, 3.8) is 0 Å². The molecule has 1 aliphatic heterocycles. The zero-order chi connectivity index (χ0) is 14.9. The topological polar surface area (TPSA) is 36.1 Å². The minimum Gasteiger partial charge on any atom is -0.365 e. The maximum atomic E-state index is 5.04. The van der Waals surface area contributed by atoms with Gasteiger partial charge in [-0.3, -0.25) is 4.48 Å². The molecule has 3 N–H and O–H groups in total. The van der Waals surface area contributed by atoms with Gasteiger partial charge in [-0.1, -0.05) is 24.8 Å². The summed E-state index contributed by atoms with van der Waals surface area (Å²) in [4.78, 5) is 0. The summed E-state index contributed by atoms with van der Waals surface area (Å²) in [5, 5.41) is 9.44. The van der Waals surface area contributed by atoms with Crippen LogP contribution in [-0.4, -0.2) is 66.0 Å². The lowest BCUT2D eigenvalue weighted by atomic mass is 10.3. The normalized spacial score (nSPS) is 16.9. The first kappa shape index (κ1) is 19.6. The first-order valence-electron chi connectivity index (χ1n) is 6.24. The number of thiol groups is 2. The fourth-order valence-corrected chi connectivity index (χ4v) is 1.81. The highest BCUT2D eigenvalue weighted by molar-refractivity contribution is 8.11. The second-order valence-corrected chi connectivity index (χ2v) is 7.13. The van der Waals surface area contributed by atoms with Gasteiger partial charge in [0.05, 0.1) is 20.6 Å². The van der Waals surface area contributed by atoms with Crippen LogP contribution in [0.2, 0.25) is 0 Å². The van der Waals surface area contributed by atoms with Crippen LogP contribution in [0, 0.1) is 0 Å². The molecule has 0 aliphatic carbocycles. The molecule has 0 bridgehead atoms. The molecular formula is C11H25N4S4+. The molecule has 1 atom stereocenters. The van der Waals surface area contributed by atoms with Crippen LogP contribution in [0.3, 0.4) is 0 Å². The summed E-state index contributed by atoms with van der Waals surface area (Å²) in [6, 6.07) is 0.315. The lowest BCUT2D eigenvalue weighted by molar-refractivity contribution is -0.817. The number of nitrogens with one attached hydrogen (secondary N) is 3. The summed E-state index contributed by atoms with van der Waals surface area (Å²) in [6.45, 7) is 7.39. The van der Waals surface area contributed by atoms with E-state index in [9.17, 15) is 0 Å². The van der Waals surface area contributed by atoms with E-state index in [4.69, 9.17) is 24.4 Å². The Hall–Kier alpha value is 0.560. The predicted molar refractivity (Wildman–Crippen MR) is 98.5 cm³/mol. The van der Waals surface area contributed by atoms with Crippen molar-refractivity contribution in [2.24, 2.45) is 0 Å². The van der Waals surface area contributed by atoms with Crippen molar-refractivity contribution in [1.29, 1.82) is 0 Å². The highest BCUT2D eigenvalue weighted by Gasteiger charge is 2.27. The number of thiocarbonyl (C=S) groups is 2. The molecule has 112 valence electrons. The molecule has 0 saturated carbocycles. The van der Waals surface area contributed by atoms with Gasteiger partial charge in [0.2, 0.25) is 4.32 Å². The quantitative estimate of drug-likeness (QED) is 0.296. The minimum atomic E-state index is 0.315. The molecule has 0 amide bonds. The van der Waals surface area contributed by atoms with Crippen LogP contribution in [-0.2, 0) is 0 Å². The van der Waals surface area contributed by atoms with Crippen LogP contribution >= 0.6 is 49.7 Å². The molecule has 19 heavy (non-hydrogen) atoms. The van der Waals surface area contributed by atoms with Gasteiger partial charge in [-0.15, -0.1) is 12.6 Å². The van der Waals surface area contributed by atoms with Gasteiger partial charge in [-0.2, -0.15) is 0 Å². The van der Waals surface area contributed by atoms with Crippen LogP contribution in [0.5, 0.6) is 0 Å². The second kappa shape index (κ2) is 10.3. The maximum absolute atomic E-state index is 5.04. The van der Waals surface area contributed by atoms with Gasteiger partial charge in [0, 0.05) is 26.2 Å². The molecule has 1 unspecified atom stereocenters. The first-order valence-corrected chi connectivity index (χ1v) is 7.95. The zero-order valence-electron chi connectivity index (χ0n) is 11.8. The standard InChI is InChI=1S/C7H14N2S4.C4H10N2/c1-5(4-8-6(10)11)9(2,3)7(12)13;1-2-6-4-3-5-1/h5H,4H2,1-3H3,(H2-,8,10,11,12,13);5-6H,1-4H2/p+1. The molecule has 0 aromatic carbocycles. The molecule has 8 heteroatoms. The average molecular weight is 342 g/mol.